The molecule has 1 amide bonds. The number of nitrogens with zero attached hydrogens (tertiary/aromatic N) is 1. The van der Waals surface area contributed by atoms with Crippen molar-refractivity contribution in [2.75, 3.05) is 5.75 Å². The van der Waals surface area contributed by atoms with Gasteiger partial charge in [-0.2, -0.15) is 0 Å². The van der Waals surface area contributed by atoms with Crippen molar-refractivity contribution in [2.24, 2.45) is 5.73 Å². The Balaban J connectivity index is 2.40. The highest BCUT2D eigenvalue weighted by molar-refractivity contribution is 7.99. The molecule has 0 atom stereocenters. The number of carboxylic acids is 1. The minimum atomic E-state index is -0.913. The third-order valence-corrected chi connectivity index (χ3v) is 4.63. The van der Waals surface area contributed by atoms with E-state index in [0.29, 0.717) is 31.6 Å². The minimum Gasteiger partial charge on any atom is -0.481 e. The van der Waals surface area contributed by atoms with Crippen LogP contribution in [0.25, 0.3) is 10.2 Å². The number of thioether (sulfide) groups is 1. The fourth-order valence-corrected chi connectivity index (χ4v) is 3.54. The number of aromatic amines is 1. The highest BCUT2D eigenvalue weighted by Crippen LogP contribution is 2.27. The number of fused-ring (bicyclic) bond motifs is 1. The Hall–Kier alpha value is -1.87. The van der Waals surface area contributed by atoms with E-state index < -0.39 is 11.9 Å². The van der Waals surface area contributed by atoms with E-state index in [2.05, 4.69) is 9.97 Å². The van der Waals surface area contributed by atoms with Crippen LogP contribution in [0, 0.1) is 6.92 Å². The van der Waals surface area contributed by atoms with Crippen molar-refractivity contribution < 1.29 is 14.7 Å². The summed E-state index contributed by atoms with van der Waals surface area (Å²) in [5.41, 5.74) is 5.41. The van der Waals surface area contributed by atoms with Crippen LogP contribution in [0.4, 0.5) is 0 Å². The number of aliphatic carboxylic acids is 1. The molecular formula is C11H11N3O4S2. The summed E-state index contributed by atoms with van der Waals surface area (Å²) in [4.78, 5) is 41.2. The summed E-state index contributed by atoms with van der Waals surface area (Å²) >= 11 is 2.21. The molecule has 7 nitrogen and oxygen atoms in total. The van der Waals surface area contributed by atoms with Crippen molar-refractivity contribution in [1.82, 2.24) is 9.97 Å². The first-order valence-electron chi connectivity index (χ1n) is 5.58. The van der Waals surface area contributed by atoms with E-state index in [0.717, 1.165) is 23.1 Å². The van der Waals surface area contributed by atoms with Crippen LogP contribution < -0.4 is 11.3 Å². The third kappa shape index (κ3) is 2.83. The van der Waals surface area contributed by atoms with E-state index in [1.54, 1.807) is 6.92 Å². The molecule has 20 heavy (non-hydrogen) atoms. The van der Waals surface area contributed by atoms with Crippen LogP contribution in [-0.4, -0.2) is 32.7 Å². The number of primary amides is 1. The number of aryl methyl sites for hydroxylation is 1. The molecule has 2 aromatic heterocycles. The van der Waals surface area contributed by atoms with Gasteiger partial charge in [0.15, 0.2) is 5.16 Å². The molecule has 9 heteroatoms. The van der Waals surface area contributed by atoms with E-state index in [-0.39, 0.29) is 12.0 Å². The summed E-state index contributed by atoms with van der Waals surface area (Å²) < 4.78 is 0. The zero-order chi connectivity index (χ0) is 14.9. The average molecular weight is 313 g/mol. The second-order valence-electron chi connectivity index (χ2n) is 3.96. The summed E-state index contributed by atoms with van der Waals surface area (Å²) in [7, 11) is 0. The number of carbonyl (C=O) groups is 2. The molecule has 2 aromatic rings. The fourth-order valence-electron chi connectivity index (χ4n) is 1.66. The number of hydrogen-bond donors (Lipinski definition) is 3. The molecule has 0 saturated carbocycles. The van der Waals surface area contributed by atoms with Crippen molar-refractivity contribution in [3.05, 3.63) is 20.8 Å². The third-order valence-electron chi connectivity index (χ3n) is 2.56. The van der Waals surface area contributed by atoms with Gasteiger partial charge in [-0.05, 0) is 12.5 Å². The first-order chi connectivity index (χ1) is 9.40. The first kappa shape index (κ1) is 14.5. The number of carbonyl (C=O) groups excluding carboxylic acids is 1. The second kappa shape index (κ2) is 5.63. The van der Waals surface area contributed by atoms with Crippen molar-refractivity contribution in [3.63, 3.8) is 0 Å². The number of amides is 1. The van der Waals surface area contributed by atoms with Crippen molar-refractivity contribution in [1.29, 1.82) is 0 Å². The first-order valence-corrected chi connectivity index (χ1v) is 7.38. The van der Waals surface area contributed by atoms with E-state index in [1.165, 1.54) is 0 Å². The monoisotopic (exact) mass is 313 g/mol. The smallest absolute Gasteiger partial charge is 0.304 e. The van der Waals surface area contributed by atoms with Crippen LogP contribution in [0.3, 0.4) is 0 Å². The lowest BCUT2D eigenvalue weighted by Gasteiger charge is -1.99. The average Bonchev–Trinajstić information content (AvgIpc) is 2.66. The SMILES string of the molecule is Cc1c(C(N)=O)sc2nc(SCCC(=O)O)[nH]c(=O)c12. The lowest BCUT2D eigenvalue weighted by Crippen LogP contribution is -2.12. The molecule has 0 unspecified atom stereocenters. The Morgan fingerprint density at radius 2 is 2.20 bits per heavy atom. The van der Waals surface area contributed by atoms with E-state index in [4.69, 9.17) is 10.8 Å². The number of rotatable bonds is 5. The molecule has 2 rings (SSSR count). The van der Waals surface area contributed by atoms with Gasteiger partial charge in [-0.25, -0.2) is 4.98 Å². The van der Waals surface area contributed by atoms with E-state index in [1.807, 2.05) is 0 Å². The maximum absolute atomic E-state index is 12.0. The molecule has 0 bridgehead atoms. The highest BCUT2D eigenvalue weighted by Gasteiger charge is 2.17. The van der Waals surface area contributed by atoms with Crippen molar-refractivity contribution in [2.45, 2.75) is 18.5 Å². The summed E-state index contributed by atoms with van der Waals surface area (Å²) in [6.45, 7) is 1.65. The Kier molecular flexibility index (Phi) is 4.09. The molecule has 0 aliphatic rings. The lowest BCUT2D eigenvalue weighted by molar-refractivity contribution is -0.136. The molecule has 0 aliphatic carbocycles. The van der Waals surface area contributed by atoms with Crippen LogP contribution in [0.2, 0.25) is 0 Å². The van der Waals surface area contributed by atoms with Crippen LogP contribution in [0.1, 0.15) is 21.7 Å². The predicted octanol–water partition coefficient (Wildman–Crippen LogP) is 0.959. The normalized spacial score (nSPS) is 10.8. The number of H-pyrrole nitrogens is 1. The van der Waals surface area contributed by atoms with Gasteiger partial charge in [-0.1, -0.05) is 11.8 Å². The molecule has 0 fully saturated rings. The van der Waals surface area contributed by atoms with Gasteiger partial charge in [-0.15, -0.1) is 11.3 Å². The van der Waals surface area contributed by atoms with Gasteiger partial charge in [0.1, 0.15) is 4.83 Å². The standard InChI is InChI=1S/C11H11N3O4S2/c1-4-6-9(18)13-11(19-3-2-5(15)16)14-10(6)20-7(4)8(12)17/h2-3H2,1H3,(H2,12,17)(H,15,16)(H,13,14,18). The molecule has 0 aliphatic heterocycles. The van der Waals surface area contributed by atoms with Gasteiger partial charge in [0.05, 0.1) is 16.7 Å². The summed E-state index contributed by atoms with van der Waals surface area (Å²) in [6.07, 6.45) is -0.0254. The Morgan fingerprint density at radius 1 is 1.50 bits per heavy atom. The molecule has 0 spiro atoms. The van der Waals surface area contributed by atoms with Crippen molar-refractivity contribution in [3.8, 4) is 0 Å². The van der Waals surface area contributed by atoms with Crippen LogP contribution >= 0.6 is 23.1 Å². The maximum Gasteiger partial charge on any atom is 0.304 e. The number of nitrogens with one attached hydrogen (secondary N) is 1. The molecule has 0 aromatic carbocycles. The van der Waals surface area contributed by atoms with Gasteiger partial charge in [0.2, 0.25) is 0 Å². The van der Waals surface area contributed by atoms with Gasteiger partial charge in [-0.3, -0.25) is 14.4 Å². The Labute approximate surface area is 121 Å². The largest absolute Gasteiger partial charge is 0.481 e. The lowest BCUT2D eigenvalue weighted by atomic mass is 10.2. The predicted molar refractivity (Wildman–Crippen MR) is 76.5 cm³/mol. The molecule has 2 heterocycles. The minimum absolute atomic E-state index is 0.0254. The zero-order valence-electron chi connectivity index (χ0n) is 10.4. The topological polar surface area (TPSA) is 126 Å². The molecular weight excluding hydrogens is 302 g/mol. The quantitative estimate of drug-likeness (QED) is 0.557. The number of aromatic nitrogens is 2. The maximum atomic E-state index is 12.0. The number of hydrogen-bond acceptors (Lipinski definition) is 6. The van der Waals surface area contributed by atoms with Crippen molar-refractivity contribution >= 4 is 45.2 Å². The summed E-state index contributed by atoms with van der Waals surface area (Å²) in [5.74, 6) is -1.20. The van der Waals surface area contributed by atoms with Gasteiger partial charge >= 0.3 is 5.97 Å². The molecule has 0 radical (unpaired) electrons. The number of nitrogens with two attached hydrogens (primary N) is 1. The van der Waals surface area contributed by atoms with Crippen LogP contribution in [-0.2, 0) is 4.79 Å². The highest BCUT2D eigenvalue weighted by atomic mass is 32.2. The molecule has 0 saturated heterocycles. The fraction of sp³-hybridized carbons (Fsp3) is 0.273. The van der Waals surface area contributed by atoms with Crippen LogP contribution in [0.5, 0.6) is 0 Å². The van der Waals surface area contributed by atoms with Gasteiger partial charge in [0, 0.05) is 5.75 Å². The second-order valence-corrected chi connectivity index (χ2v) is 6.05. The van der Waals surface area contributed by atoms with Crippen LogP contribution in [0.15, 0.2) is 9.95 Å². The van der Waals surface area contributed by atoms with Gasteiger partial charge < -0.3 is 15.8 Å². The molecule has 106 valence electrons. The Morgan fingerprint density at radius 3 is 2.80 bits per heavy atom. The summed E-state index contributed by atoms with van der Waals surface area (Å²) in [5, 5.41) is 9.25. The number of carboxylic acid groups (broad SMARTS) is 1. The van der Waals surface area contributed by atoms with Gasteiger partial charge in [0.25, 0.3) is 11.5 Å². The van der Waals surface area contributed by atoms with E-state index in [9.17, 15) is 14.4 Å². The summed E-state index contributed by atoms with van der Waals surface area (Å²) in [6, 6.07) is 0. The number of thiophene rings is 1. The Bertz CT molecular complexity index is 750. The molecule has 4 N–H and O–H groups in total. The zero-order valence-corrected chi connectivity index (χ0v) is 12.1. The van der Waals surface area contributed by atoms with E-state index >= 15 is 0 Å².